The van der Waals surface area contributed by atoms with E-state index in [2.05, 4.69) is 54.5 Å². The maximum atomic E-state index is 9.07. The highest BCUT2D eigenvalue weighted by atomic mass is 17.1. The zero-order valence-corrected chi connectivity index (χ0v) is 18.6. The number of benzene rings is 2. The predicted molar refractivity (Wildman–Crippen MR) is 126 cm³/mol. The van der Waals surface area contributed by atoms with Crippen molar-refractivity contribution >= 4 is 5.69 Å². The minimum Gasteiger partial charge on any atom is -0.491 e. The zero-order chi connectivity index (χ0) is 21.6. The summed E-state index contributed by atoms with van der Waals surface area (Å²) in [5.74, 6) is 1.27. The SMILES string of the molecule is C=CCCCCN(CC)c1cc(OO)ccc1OCCCCc1cccc(CC)c1. The fourth-order valence-electron chi connectivity index (χ4n) is 3.58. The number of anilines is 1. The van der Waals surface area contributed by atoms with Gasteiger partial charge in [0.15, 0.2) is 5.75 Å². The van der Waals surface area contributed by atoms with Crippen LogP contribution in [0.3, 0.4) is 0 Å². The Morgan fingerprint density at radius 2 is 1.83 bits per heavy atom. The third-order valence-electron chi connectivity index (χ3n) is 5.36. The maximum absolute atomic E-state index is 9.07. The van der Waals surface area contributed by atoms with Crippen LogP contribution >= 0.6 is 0 Å². The molecule has 4 nitrogen and oxygen atoms in total. The first-order chi connectivity index (χ1) is 14.7. The van der Waals surface area contributed by atoms with E-state index in [-0.39, 0.29) is 0 Å². The number of hydrogen-bond acceptors (Lipinski definition) is 4. The molecule has 0 radical (unpaired) electrons. The van der Waals surface area contributed by atoms with Gasteiger partial charge in [0, 0.05) is 19.2 Å². The number of allylic oxidation sites excluding steroid dienone is 1. The van der Waals surface area contributed by atoms with Gasteiger partial charge in [-0.1, -0.05) is 37.3 Å². The molecule has 0 bridgehead atoms. The third kappa shape index (κ3) is 7.75. The predicted octanol–water partition coefficient (Wildman–Crippen LogP) is 6.69. The van der Waals surface area contributed by atoms with Gasteiger partial charge in [0.1, 0.15) is 5.75 Å². The van der Waals surface area contributed by atoms with E-state index in [0.717, 1.165) is 69.5 Å². The van der Waals surface area contributed by atoms with Crippen LogP contribution in [0.25, 0.3) is 0 Å². The summed E-state index contributed by atoms with van der Waals surface area (Å²) >= 11 is 0. The van der Waals surface area contributed by atoms with Gasteiger partial charge >= 0.3 is 0 Å². The molecule has 0 aliphatic carbocycles. The van der Waals surface area contributed by atoms with Crippen molar-refractivity contribution in [1.82, 2.24) is 0 Å². The van der Waals surface area contributed by atoms with Gasteiger partial charge in [0.05, 0.1) is 12.3 Å². The smallest absolute Gasteiger partial charge is 0.167 e. The molecule has 2 aromatic rings. The summed E-state index contributed by atoms with van der Waals surface area (Å²) in [6.45, 7) is 10.6. The lowest BCUT2D eigenvalue weighted by atomic mass is 10.0. The van der Waals surface area contributed by atoms with Crippen LogP contribution in [-0.2, 0) is 12.8 Å². The quantitative estimate of drug-likeness (QED) is 0.153. The van der Waals surface area contributed by atoms with E-state index in [1.54, 1.807) is 6.07 Å². The van der Waals surface area contributed by atoms with Gasteiger partial charge in [0.25, 0.3) is 0 Å². The van der Waals surface area contributed by atoms with Crippen LogP contribution in [0.1, 0.15) is 57.1 Å². The second kappa shape index (κ2) is 13.7. The fourth-order valence-corrected chi connectivity index (χ4v) is 3.58. The molecule has 0 saturated heterocycles. The molecule has 1 N–H and O–H groups in total. The van der Waals surface area contributed by atoms with Gasteiger partial charge in [-0.3, -0.25) is 0 Å². The zero-order valence-electron chi connectivity index (χ0n) is 18.6. The highest BCUT2D eigenvalue weighted by molar-refractivity contribution is 5.61. The second-order valence-corrected chi connectivity index (χ2v) is 7.56. The molecule has 0 spiro atoms. The summed E-state index contributed by atoms with van der Waals surface area (Å²) in [6.07, 6.45) is 9.44. The Kier molecular flexibility index (Phi) is 10.9. The summed E-state index contributed by atoms with van der Waals surface area (Å²) < 4.78 is 6.13. The molecule has 0 fully saturated rings. The highest BCUT2D eigenvalue weighted by Crippen LogP contribution is 2.33. The second-order valence-electron chi connectivity index (χ2n) is 7.56. The van der Waals surface area contributed by atoms with E-state index < -0.39 is 0 Å². The van der Waals surface area contributed by atoms with Crippen molar-refractivity contribution in [3.05, 3.63) is 66.2 Å². The number of aryl methyl sites for hydroxylation is 2. The Hall–Kier alpha value is -2.46. The topological polar surface area (TPSA) is 41.9 Å². The summed E-state index contributed by atoms with van der Waals surface area (Å²) in [5, 5.41) is 9.07. The summed E-state index contributed by atoms with van der Waals surface area (Å²) in [4.78, 5) is 6.74. The van der Waals surface area contributed by atoms with Crippen LogP contribution in [0.4, 0.5) is 5.69 Å². The average Bonchev–Trinajstić information content (AvgIpc) is 2.79. The Labute approximate surface area is 182 Å². The summed E-state index contributed by atoms with van der Waals surface area (Å²) in [6, 6.07) is 14.3. The van der Waals surface area contributed by atoms with E-state index in [1.807, 2.05) is 18.2 Å². The molecule has 0 saturated carbocycles. The molecule has 164 valence electrons. The van der Waals surface area contributed by atoms with Crippen molar-refractivity contribution in [2.24, 2.45) is 0 Å². The van der Waals surface area contributed by atoms with Crippen LogP contribution in [-0.4, -0.2) is 25.0 Å². The number of ether oxygens (including phenoxy) is 1. The van der Waals surface area contributed by atoms with E-state index in [9.17, 15) is 0 Å². The lowest BCUT2D eigenvalue weighted by Crippen LogP contribution is -2.24. The van der Waals surface area contributed by atoms with Gasteiger partial charge in [-0.15, -0.1) is 6.58 Å². The monoisotopic (exact) mass is 411 g/mol. The first-order valence-corrected chi connectivity index (χ1v) is 11.2. The van der Waals surface area contributed by atoms with Gasteiger partial charge in [-0.05, 0) is 75.1 Å². The van der Waals surface area contributed by atoms with Crippen molar-refractivity contribution in [3.8, 4) is 11.5 Å². The van der Waals surface area contributed by atoms with Crippen LogP contribution in [0.5, 0.6) is 11.5 Å². The van der Waals surface area contributed by atoms with Crippen molar-refractivity contribution in [3.63, 3.8) is 0 Å². The Morgan fingerprint density at radius 3 is 2.57 bits per heavy atom. The summed E-state index contributed by atoms with van der Waals surface area (Å²) in [5.41, 5.74) is 3.77. The molecule has 0 unspecified atom stereocenters. The lowest BCUT2D eigenvalue weighted by Gasteiger charge is -2.26. The maximum Gasteiger partial charge on any atom is 0.167 e. The van der Waals surface area contributed by atoms with Crippen molar-refractivity contribution in [2.75, 3.05) is 24.6 Å². The fraction of sp³-hybridized carbons (Fsp3) is 0.462. The first kappa shape index (κ1) is 23.8. The molecule has 2 rings (SSSR count). The Morgan fingerprint density at radius 1 is 1.00 bits per heavy atom. The molecule has 4 heteroatoms. The number of hydrogen-bond donors (Lipinski definition) is 1. The van der Waals surface area contributed by atoms with E-state index >= 15 is 0 Å². The minimum absolute atomic E-state index is 0.428. The molecule has 0 aromatic heterocycles. The van der Waals surface area contributed by atoms with Crippen LogP contribution in [0, 0.1) is 0 Å². The van der Waals surface area contributed by atoms with Gasteiger partial charge < -0.3 is 14.5 Å². The number of unbranched alkanes of at least 4 members (excludes halogenated alkanes) is 3. The van der Waals surface area contributed by atoms with Gasteiger partial charge in [-0.2, -0.15) is 0 Å². The molecule has 0 amide bonds. The molecule has 2 aromatic carbocycles. The van der Waals surface area contributed by atoms with E-state index in [4.69, 9.17) is 9.99 Å². The lowest BCUT2D eigenvalue weighted by molar-refractivity contribution is -0.137. The normalized spacial score (nSPS) is 10.6. The largest absolute Gasteiger partial charge is 0.491 e. The summed E-state index contributed by atoms with van der Waals surface area (Å²) in [7, 11) is 0. The van der Waals surface area contributed by atoms with Gasteiger partial charge in [0.2, 0.25) is 0 Å². The van der Waals surface area contributed by atoms with Crippen LogP contribution in [0.2, 0.25) is 0 Å². The number of nitrogens with zero attached hydrogens (tertiary/aromatic N) is 1. The van der Waals surface area contributed by atoms with Gasteiger partial charge in [-0.25, -0.2) is 5.26 Å². The number of rotatable bonds is 15. The molecule has 30 heavy (non-hydrogen) atoms. The molecular weight excluding hydrogens is 374 g/mol. The molecule has 0 heterocycles. The Balaban J connectivity index is 1.91. The molecule has 0 atom stereocenters. The van der Waals surface area contributed by atoms with Crippen molar-refractivity contribution < 1.29 is 14.9 Å². The average molecular weight is 412 g/mol. The first-order valence-electron chi connectivity index (χ1n) is 11.2. The van der Waals surface area contributed by atoms with Crippen LogP contribution in [0.15, 0.2) is 55.1 Å². The van der Waals surface area contributed by atoms with Crippen LogP contribution < -0.4 is 14.5 Å². The van der Waals surface area contributed by atoms with E-state index in [0.29, 0.717) is 12.4 Å². The Bertz CT molecular complexity index is 760. The van der Waals surface area contributed by atoms with Crippen molar-refractivity contribution in [1.29, 1.82) is 0 Å². The molecular formula is C26H37NO3. The molecule has 0 aliphatic heterocycles. The third-order valence-corrected chi connectivity index (χ3v) is 5.36. The molecule has 0 aliphatic rings. The highest BCUT2D eigenvalue weighted by Gasteiger charge is 2.13. The van der Waals surface area contributed by atoms with Crippen molar-refractivity contribution in [2.45, 2.75) is 58.8 Å². The minimum atomic E-state index is 0.428. The standard InChI is InChI=1S/C26H37NO3/c1-4-7-8-10-18-27(6-3)25-21-24(30-28)16-17-26(25)29-19-11-9-13-23-15-12-14-22(5-2)20-23/h4,12,14-17,20-21,28H,1,5-11,13,18-19H2,2-3H3. The van der Waals surface area contributed by atoms with E-state index in [1.165, 1.54) is 11.1 Å².